The number of amides is 1. The summed E-state index contributed by atoms with van der Waals surface area (Å²) in [4.78, 5) is 16.7. The maximum Gasteiger partial charge on any atom is 0.284 e. The fourth-order valence-electron chi connectivity index (χ4n) is 1.81. The van der Waals surface area contributed by atoms with Gasteiger partial charge in [0.1, 0.15) is 0 Å². The van der Waals surface area contributed by atoms with Crippen LogP contribution < -0.4 is 10.6 Å². The lowest BCUT2D eigenvalue weighted by Gasteiger charge is -1.98. The first-order valence-corrected chi connectivity index (χ1v) is 6.73. The van der Waals surface area contributed by atoms with Gasteiger partial charge in [0.05, 0.1) is 10.3 Å². The molecule has 1 amide bonds. The number of hydrogen-bond donors (Lipinski definition) is 0. The van der Waals surface area contributed by atoms with E-state index in [4.69, 9.17) is 0 Å². The van der Waals surface area contributed by atoms with E-state index < -0.39 is 0 Å². The molecule has 2 nitrogen and oxygen atoms in total. The summed E-state index contributed by atoms with van der Waals surface area (Å²) in [6, 6.07) is 5.86. The molecule has 0 radical (unpaired) electrons. The van der Waals surface area contributed by atoms with Crippen LogP contribution in [0.5, 0.6) is 0 Å². The molecule has 1 aliphatic rings. The van der Waals surface area contributed by atoms with Crippen LogP contribution in [0.2, 0.25) is 0 Å². The monoisotopic (exact) mass is 245 g/mol. The van der Waals surface area contributed by atoms with Crippen LogP contribution in [0.1, 0.15) is 18.9 Å². The molecule has 88 valence electrons. The SMILES string of the molecule is CC/C=C/CSC1=c2c(C)cccc2=NC1=O. The molecule has 0 N–H and O–H groups in total. The van der Waals surface area contributed by atoms with Crippen LogP contribution in [0.3, 0.4) is 0 Å². The van der Waals surface area contributed by atoms with E-state index in [1.165, 1.54) is 0 Å². The first-order valence-electron chi connectivity index (χ1n) is 5.75. The van der Waals surface area contributed by atoms with Crippen LogP contribution >= 0.6 is 11.8 Å². The minimum Gasteiger partial charge on any atom is -0.266 e. The van der Waals surface area contributed by atoms with E-state index >= 15 is 0 Å². The molecule has 2 rings (SSSR count). The van der Waals surface area contributed by atoms with Gasteiger partial charge in [-0.15, -0.1) is 11.8 Å². The summed E-state index contributed by atoms with van der Waals surface area (Å²) in [5, 5.41) is 1.84. The predicted octanol–water partition coefficient (Wildman–Crippen LogP) is 1.96. The number of benzene rings is 1. The highest BCUT2D eigenvalue weighted by molar-refractivity contribution is 8.09. The maximum absolute atomic E-state index is 11.8. The first kappa shape index (κ1) is 12.1. The van der Waals surface area contributed by atoms with Crippen LogP contribution in [0, 0.1) is 6.92 Å². The molecule has 0 saturated heterocycles. The largest absolute Gasteiger partial charge is 0.284 e. The zero-order valence-corrected chi connectivity index (χ0v) is 10.9. The van der Waals surface area contributed by atoms with Gasteiger partial charge in [-0.2, -0.15) is 0 Å². The molecular formula is C14H15NOS. The van der Waals surface area contributed by atoms with Crippen molar-refractivity contribution >= 4 is 22.6 Å². The molecule has 1 heterocycles. The van der Waals surface area contributed by atoms with Crippen molar-refractivity contribution in [2.45, 2.75) is 20.3 Å². The molecule has 0 bridgehead atoms. The average molecular weight is 245 g/mol. The van der Waals surface area contributed by atoms with E-state index in [1.807, 2.05) is 25.1 Å². The smallest absolute Gasteiger partial charge is 0.266 e. The van der Waals surface area contributed by atoms with Gasteiger partial charge in [0.25, 0.3) is 5.91 Å². The van der Waals surface area contributed by atoms with Crippen molar-refractivity contribution in [2.75, 3.05) is 5.75 Å². The van der Waals surface area contributed by atoms with Crippen molar-refractivity contribution in [1.82, 2.24) is 0 Å². The zero-order chi connectivity index (χ0) is 12.3. The number of aryl methyl sites for hydroxylation is 1. The van der Waals surface area contributed by atoms with Gasteiger partial charge >= 0.3 is 0 Å². The minimum absolute atomic E-state index is 0.0933. The Labute approximate surface area is 105 Å². The molecule has 1 aromatic carbocycles. The summed E-state index contributed by atoms with van der Waals surface area (Å²) in [6.45, 7) is 4.12. The van der Waals surface area contributed by atoms with Gasteiger partial charge < -0.3 is 0 Å². The molecule has 1 aromatic rings. The van der Waals surface area contributed by atoms with Crippen LogP contribution in [-0.4, -0.2) is 11.7 Å². The molecule has 0 aromatic heterocycles. The van der Waals surface area contributed by atoms with Crippen LogP contribution in [0.4, 0.5) is 0 Å². The molecule has 3 heteroatoms. The van der Waals surface area contributed by atoms with Gasteiger partial charge in [-0.25, -0.2) is 4.99 Å². The van der Waals surface area contributed by atoms with Gasteiger partial charge in [-0.3, -0.25) is 4.79 Å². The Morgan fingerprint density at radius 1 is 1.35 bits per heavy atom. The summed E-state index contributed by atoms with van der Waals surface area (Å²) in [5.74, 6) is 0.738. The van der Waals surface area contributed by atoms with E-state index in [2.05, 4.69) is 24.1 Å². The van der Waals surface area contributed by atoms with Crippen molar-refractivity contribution in [2.24, 2.45) is 4.99 Å². The van der Waals surface area contributed by atoms with Crippen molar-refractivity contribution in [3.05, 3.63) is 46.5 Å². The van der Waals surface area contributed by atoms with Crippen molar-refractivity contribution in [1.29, 1.82) is 0 Å². The second-order valence-corrected chi connectivity index (χ2v) is 4.94. The van der Waals surface area contributed by atoms with E-state index in [9.17, 15) is 4.79 Å². The van der Waals surface area contributed by atoms with Crippen LogP contribution in [0.15, 0.2) is 35.3 Å². The molecule has 0 spiro atoms. The third-order valence-corrected chi connectivity index (χ3v) is 3.65. The number of fused-ring (bicyclic) bond motifs is 1. The fourth-order valence-corrected chi connectivity index (χ4v) is 2.79. The number of rotatable bonds is 4. The lowest BCUT2D eigenvalue weighted by atomic mass is 10.2. The Morgan fingerprint density at radius 3 is 2.94 bits per heavy atom. The molecule has 0 unspecified atom stereocenters. The quantitative estimate of drug-likeness (QED) is 0.759. The lowest BCUT2D eigenvalue weighted by Crippen LogP contribution is -2.25. The maximum atomic E-state index is 11.8. The zero-order valence-electron chi connectivity index (χ0n) is 10.1. The van der Waals surface area contributed by atoms with Crippen molar-refractivity contribution in [3.63, 3.8) is 0 Å². The first-order chi connectivity index (χ1) is 8.24. The van der Waals surface area contributed by atoms with Gasteiger partial charge in [0.15, 0.2) is 0 Å². The Kier molecular flexibility index (Phi) is 3.79. The number of carbonyl (C=O) groups is 1. The summed E-state index contributed by atoms with van der Waals surface area (Å²) in [6.07, 6.45) is 5.24. The molecule has 0 atom stereocenters. The fraction of sp³-hybridized carbons (Fsp3) is 0.286. The summed E-state index contributed by atoms with van der Waals surface area (Å²) in [5.41, 5.74) is 1.12. The van der Waals surface area contributed by atoms with Crippen molar-refractivity contribution in [3.8, 4) is 0 Å². The summed E-state index contributed by atoms with van der Waals surface area (Å²) in [7, 11) is 0. The molecule has 17 heavy (non-hydrogen) atoms. The Hall–Kier alpha value is -1.35. The molecular weight excluding hydrogens is 230 g/mol. The topological polar surface area (TPSA) is 29.4 Å². The van der Waals surface area contributed by atoms with Crippen LogP contribution in [0.25, 0.3) is 4.91 Å². The Bertz CT molecular complexity index is 587. The van der Waals surface area contributed by atoms with Gasteiger partial charge in [0.2, 0.25) is 0 Å². The second-order valence-electron chi connectivity index (χ2n) is 3.91. The summed E-state index contributed by atoms with van der Waals surface area (Å²) < 4.78 is 0. The van der Waals surface area contributed by atoms with E-state index in [-0.39, 0.29) is 5.91 Å². The van der Waals surface area contributed by atoms with Crippen molar-refractivity contribution < 1.29 is 4.79 Å². The standard InChI is InChI=1S/C14H15NOS/c1-3-4-5-9-17-13-12-10(2)7-6-8-11(12)15-14(13)16/h4-8H,3,9H2,1-2H3/b5-4+. The van der Waals surface area contributed by atoms with Gasteiger partial charge in [0, 0.05) is 11.0 Å². The van der Waals surface area contributed by atoms with E-state index in [1.54, 1.807) is 11.8 Å². The third kappa shape index (κ3) is 2.50. The van der Waals surface area contributed by atoms with Crippen LogP contribution in [-0.2, 0) is 4.79 Å². The van der Waals surface area contributed by atoms with Gasteiger partial charge in [-0.05, 0) is 25.0 Å². The molecule has 0 fully saturated rings. The number of nitrogens with zero attached hydrogens (tertiary/aromatic N) is 1. The van der Waals surface area contributed by atoms with Gasteiger partial charge in [-0.1, -0.05) is 31.2 Å². The van der Waals surface area contributed by atoms with E-state index in [0.29, 0.717) is 0 Å². The Balaban J connectivity index is 2.36. The highest BCUT2D eigenvalue weighted by Gasteiger charge is 2.17. The Morgan fingerprint density at radius 2 is 2.18 bits per heavy atom. The molecule has 0 saturated carbocycles. The third-order valence-electron chi connectivity index (χ3n) is 2.62. The number of hydrogen-bond acceptors (Lipinski definition) is 2. The highest BCUT2D eigenvalue weighted by atomic mass is 32.2. The second kappa shape index (κ2) is 5.32. The molecule has 1 aliphatic heterocycles. The number of allylic oxidation sites excluding steroid dienone is 1. The average Bonchev–Trinajstić information content (AvgIpc) is 2.62. The normalized spacial score (nSPS) is 14.2. The lowest BCUT2D eigenvalue weighted by molar-refractivity contribution is -0.112. The highest BCUT2D eigenvalue weighted by Crippen LogP contribution is 2.19. The number of thioether (sulfide) groups is 1. The summed E-state index contributed by atoms with van der Waals surface area (Å²) >= 11 is 1.58. The predicted molar refractivity (Wildman–Crippen MR) is 72.3 cm³/mol. The minimum atomic E-state index is -0.0933. The molecule has 0 aliphatic carbocycles. The number of carbonyl (C=O) groups excluding carboxylic acids is 1. The van der Waals surface area contributed by atoms with E-state index in [0.717, 1.165) is 33.2 Å².